The first-order valence-corrected chi connectivity index (χ1v) is 5.58. The number of anilines is 2. The zero-order chi connectivity index (χ0) is 12.4. The average Bonchev–Trinajstić information content (AvgIpc) is 2.72. The molecule has 0 amide bonds. The zero-order valence-electron chi connectivity index (χ0n) is 8.18. The molecule has 1 heterocycles. The molecule has 0 saturated heterocycles. The van der Waals surface area contributed by atoms with Gasteiger partial charge in [-0.2, -0.15) is 0 Å². The number of hydrogen-bond acceptors (Lipinski definition) is 5. The molecule has 8 heteroatoms. The molecule has 0 atom stereocenters. The van der Waals surface area contributed by atoms with Crippen LogP contribution in [0.2, 0.25) is 5.02 Å². The fraction of sp³-hybridized carbons (Fsp3) is 0. The molecule has 0 spiro atoms. The lowest BCUT2D eigenvalue weighted by Crippen LogP contribution is -1.89. The van der Waals surface area contributed by atoms with Crippen LogP contribution in [0.3, 0.4) is 0 Å². The van der Waals surface area contributed by atoms with Crippen LogP contribution in [0, 0.1) is 15.9 Å². The van der Waals surface area contributed by atoms with Crippen molar-refractivity contribution in [1.29, 1.82) is 0 Å². The number of halogens is 2. The van der Waals surface area contributed by atoms with Crippen molar-refractivity contribution >= 4 is 38.8 Å². The van der Waals surface area contributed by atoms with Gasteiger partial charge in [-0.3, -0.25) is 10.1 Å². The van der Waals surface area contributed by atoms with Crippen molar-refractivity contribution in [3.8, 4) is 0 Å². The molecule has 0 aliphatic rings. The third kappa shape index (κ3) is 2.69. The van der Waals surface area contributed by atoms with Crippen LogP contribution in [0.4, 0.5) is 20.2 Å². The number of rotatable bonds is 3. The van der Waals surface area contributed by atoms with Crippen molar-refractivity contribution in [2.24, 2.45) is 0 Å². The third-order valence-corrected chi connectivity index (χ3v) is 3.00. The number of thiazole rings is 1. The second kappa shape index (κ2) is 4.64. The van der Waals surface area contributed by atoms with Crippen molar-refractivity contribution in [3.05, 3.63) is 45.4 Å². The molecule has 17 heavy (non-hydrogen) atoms. The summed E-state index contributed by atoms with van der Waals surface area (Å²) in [6.45, 7) is 0. The van der Waals surface area contributed by atoms with Crippen LogP contribution in [0.1, 0.15) is 0 Å². The molecule has 5 nitrogen and oxygen atoms in total. The van der Waals surface area contributed by atoms with Gasteiger partial charge in [-0.25, -0.2) is 9.37 Å². The Bertz CT molecular complexity index is 575. The van der Waals surface area contributed by atoms with Crippen molar-refractivity contribution in [3.63, 3.8) is 0 Å². The predicted octanol–water partition coefficient (Wildman–Crippen LogP) is 3.59. The monoisotopic (exact) mass is 273 g/mol. The van der Waals surface area contributed by atoms with Gasteiger partial charge in [0.15, 0.2) is 5.13 Å². The minimum absolute atomic E-state index is 0.0268. The van der Waals surface area contributed by atoms with Crippen LogP contribution in [0.5, 0.6) is 0 Å². The van der Waals surface area contributed by atoms with E-state index in [0.717, 1.165) is 17.5 Å². The molecule has 0 aliphatic carbocycles. The Hall–Kier alpha value is -1.73. The lowest BCUT2D eigenvalue weighted by molar-refractivity contribution is -0.380. The maximum atomic E-state index is 12.9. The largest absolute Gasteiger partial charge is 0.345 e. The Morgan fingerprint density at radius 2 is 2.29 bits per heavy atom. The van der Waals surface area contributed by atoms with Gasteiger partial charge in [0, 0.05) is 5.69 Å². The summed E-state index contributed by atoms with van der Waals surface area (Å²) >= 11 is 6.48. The molecule has 0 radical (unpaired) electrons. The van der Waals surface area contributed by atoms with Gasteiger partial charge in [-0.05, 0) is 29.5 Å². The molecular weight excluding hydrogens is 269 g/mol. The summed E-state index contributed by atoms with van der Waals surface area (Å²) in [5, 5.41) is 13.5. The first-order valence-electron chi connectivity index (χ1n) is 4.38. The molecule has 1 aromatic carbocycles. The maximum Gasteiger partial charge on any atom is 0.345 e. The van der Waals surface area contributed by atoms with Gasteiger partial charge in [0.25, 0.3) is 0 Å². The average molecular weight is 274 g/mol. The summed E-state index contributed by atoms with van der Waals surface area (Å²) in [6.07, 6.45) is 1.15. The smallest absolute Gasteiger partial charge is 0.331 e. The highest BCUT2D eigenvalue weighted by Gasteiger charge is 2.11. The molecule has 2 rings (SSSR count). The van der Waals surface area contributed by atoms with E-state index >= 15 is 0 Å². The molecule has 0 fully saturated rings. The van der Waals surface area contributed by atoms with Crippen LogP contribution < -0.4 is 5.32 Å². The Morgan fingerprint density at radius 3 is 2.88 bits per heavy atom. The minimum atomic E-state index is -0.527. The fourth-order valence-electron chi connectivity index (χ4n) is 1.11. The van der Waals surface area contributed by atoms with Gasteiger partial charge >= 0.3 is 5.00 Å². The van der Waals surface area contributed by atoms with E-state index in [1.807, 2.05) is 0 Å². The third-order valence-electron chi connectivity index (χ3n) is 1.84. The van der Waals surface area contributed by atoms with Gasteiger partial charge < -0.3 is 5.32 Å². The van der Waals surface area contributed by atoms with E-state index < -0.39 is 10.7 Å². The lowest BCUT2D eigenvalue weighted by Gasteiger charge is -2.02. The van der Waals surface area contributed by atoms with E-state index in [1.165, 1.54) is 18.2 Å². The predicted molar refractivity (Wildman–Crippen MR) is 63.5 cm³/mol. The van der Waals surface area contributed by atoms with Crippen molar-refractivity contribution in [2.45, 2.75) is 0 Å². The quantitative estimate of drug-likeness (QED) is 0.685. The summed E-state index contributed by atoms with van der Waals surface area (Å²) in [5.41, 5.74) is 0.514. The molecule has 0 aliphatic heterocycles. The Balaban J connectivity index is 2.19. The molecule has 1 aromatic heterocycles. The molecule has 2 aromatic rings. The first-order chi connectivity index (χ1) is 8.06. The Kier molecular flexibility index (Phi) is 3.21. The highest BCUT2D eigenvalue weighted by molar-refractivity contribution is 7.18. The minimum Gasteiger partial charge on any atom is -0.331 e. The van der Waals surface area contributed by atoms with Gasteiger partial charge in [-0.1, -0.05) is 11.6 Å². The summed E-state index contributed by atoms with van der Waals surface area (Å²) in [6, 6.07) is 4.05. The van der Waals surface area contributed by atoms with E-state index in [2.05, 4.69) is 10.3 Å². The number of hydrogen-bond donors (Lipinski definition) is 1. The Labute approximate surface area is 104 Å². The highest BCUT2D eigenvalue weighted by Crippen LogP contribution is 2.29. The molecule has 88 valence electrons. The summed E-state index contributed by atoms with van der Waals surface area (Å²) in [5.74, 6) is -0.526. The zero-order valence-corrected chi connectivity index (χ0v) is 9.76. The van der Waals surface area contributed by atoms with Crippen molar-refractivity contribution < 1.29 is 9.31 Å². The normalized spacial score (nSPS) is 10.2. The van der Waals surface area contributed by atoms with Crippen LogP contribution in [0.25, 0.3) is 0 Å². The van der Waals surface area contributed by atoms with Gasteiger partial charge in [0.2, 0.25) is 0 Å². The molecule has 0 bridgehead atoms. The van der Waals surface area contributed by atoms with Crippen LogP contribution in [-0.4, -0.2) is 9.91 Å². The standard InChI is InChI=1S/C9H5ClFN3O2S/c10-6-3-5(1-2-7(6)11)13-9-12-4-8(17-9)14(15)16/h1-4H,(H,12,13). The van der Waals surface area contributed by atoms with E-state index in [1.54, 1.807) is 0 Å². The van der Waals surface area contributed by atoms with Gasteiger partial charge in [-0.15, -0.1) is 0 Å². The van der Waals surface area contributed by atoms with Crippen LogP contribution >= 0.6 is 22.9 Å². The van der Waals surface area contributed by atoms with Crippen LogP contribution in [0.15, 0.2) is 24.4 Å². The number of nitrogens with one attached hydrogen (secondary N) is 1. The summed E-state index contributed by atoms with van der Waals surface area (Å²) in [7, 11) is 0. The molecular formula is C9H5ClFN3O2S. The number of benzene rings is 1. The SMILES string of the molecule is O=[N+]([O-])c1cnc(Nc2ccc(F)c(Cl)c2)s1. The van der Waals surface area contributed by atoms with Gasteiger partial charge in [0.05, 0.1) is 9.95 Å². The lowest BCUT2D eigenvalue weighted by atomic mass is 10.3. The van der Waals surface area contributed by atoms with Gasteiger partial charge in [0.1, 0.15) is 12.0 Å². The second-order valence-corrected chi connectivity index (χ2v) is 4.43. The van der Waals surface area contributed by atoms with Crippen LogP contribution in [-0.2, 0) is 0 Å². The second-order valence-electron chi connectivity index (χ2n) is 3.01. The topological polar surface area (TPSA) is 68.1 Å². The van der Waals surface area contributed by atoms with Crippen molar-refractivity contribution in [1.82, 2.24) is 4.98 Å². The number of nitro groups is 1. The summed E-state index contributed by atoms with van der Waals surface area (Å²) in [4.78, 5) is 13.7. The highest BCUT2D eigenvalue weighted by atomic mass is 35.5. The number of nitrogens with zero attached hydrogens (tertiary/aromatic N) is 2. The summed E-state index contributed by atoms with van der Waals surface area (Å²) < 4.78 is 12.9. The van der Waals surface area contributed by atoms with Crippen molar-refractivity contribution in [2.75, 3.05) is 5.32 Å². The molecule has 1 N–H and O–H groups in total. The maximum absolute atomic E-state index is 12.9. The molecule has 0 unspecified atom stereocenters. The fourth-order valence-corrected chi connectivity index (χ4v) is 1.94. The van der Waals surface area contributed by atoms with E-state index in [4.69, 9.17) is 11.6 Å². The Morgan fingerprint density at radius 1 is 1.53 bits per heavy atom. The van der Waals surface area contributed by atoms with E-state index in [9.17, 15) is 14.5 Å². The first kappa shape index (κ1) is 11.7. The number of aromatic nitrogens is 1. The van der Waals surface area contributed by atoms with E-state index in [0.29, 0.717) is 10.8 Å². The van der Waals surface area contributed by atoms with E-state index in [-0.39, 0.29) is 10.0 Å². The molecule has 0 saturated carbocycles.